The van der Waals surface area contributed by atoms with Crippen molar-refractivity contribution in [3.05, 3.63) is 63.9 Å². The summed E-state index contributed by atoms with van der Waals surface area (Å²) in [6, 6.07) is 9.96. The second kappa shape index (κ2) is 5.42. The first kappa shape index (κ1) is 14.3. The number of rotatable bonds is 3. The number of fused-ring (bicyclic) bond motifs is 2. The third-order valence-electron chi connectivity index (χ3n) is 3.97. The summed E-state index contributed by atoms with van der Waals surface area (Å²) in [7, 11) is 1.52. The summed E-state index contributed by atoms with van der Waals surface area (Å²) >= 11 is 0. The predicted octanol–water partition coefficient (Wildman–Crippen LogP) is 2.50. The third kappa shape index (κ3) is 2.20. The SMILES string of the molecule is COc1ccc2[nH]cc(C(=O)c3ccc4c(c3)OCO4)c(=O)c2c1. The van der Waals surface area contributed by atoms with E-state index in [4.69, 9.17) is 14.2 Å². The van der Waals surface area contributed by atoms with Crippen LogP contribution in [-0.4, -0.2) is 24.7 Å². The molecule has 0 fully saturated rings. The minimum atomic E-state index is -0.376. The Morgan fingerprint density at radius 3 is 2.79 bits per heavy atom. The van der Waals surface area contributed by atoms with Crippen molar-refractivity contribution in [3.63, 3.8) is 0 Å². The lowest BCUT2D eigenvalue weighted by Crippen LogP contribution is -2.16. The Labute approximate surface area is 136 Å². The summed E-state index contributed by atoms with van der Waals surface area (Å²) in [5.41, 5.74) is 0.731. The third-order valence-corrected chi connectivity index (χ3v) is 3.97. The van der Waals surface area contributed by atoms with Gasteiger partial charge in [0, 0.05) is 22.7 Å². The molecule has 0 spiro atoms. The zero-order valence-corrected chi connectivity index (χ0v) is 12.8. The smallest absolute Gasteiger partial charge is 0.231 e. The van der Waals surface area contributed by atoms with Crippen molar-refractivity contribution in [2.24, 2.45) is 0 Å². The highest BCUT2D eigenvalue weighted by molar-refractivity contribution is 6.10. The maximum atomic E-state index is 12.7. The Morgan fingerprint density at radius 1 is 1.12 bits per heavy atom. The molecule has 0 atom stereocenters. The molecule has 6 heteroatoms. The van der Waals surface area contributed by atoms with Crippen LogP contribution in [0.15, 0.2) is 47.4 Å². The summed E-state index contributed by atoms with van der Waals surface area (Å²) in [4.78, 5) is 28.4. The van der Waals surface area contributed by atoms with Crippen LogP contribution in [0.5, 0.6) is 17.2 Å². The fraction of sp³-hybridized carbons (Fsp3) is 0.111. The van der Waals surface area contributed by atoms with Crippen LogP contribution >= 0.6 is 0 Å². The lowest BCUT2D eigenvalue weighted by atomic mass is 10.0. The largest absolute Gasteiger partial charge is 0.497 e. The molecule has 6 nitrogen and oxygen atoms in total. The number of carbonyl (C=O) groups is 1. The molecule has 0 saturated heterocycles. The molecular weight excluding hydrogens is 310 g/mol. The molecule has 1 aromatic heterocycles. The number of nitrogens with one attached hydrogen (secondary N) is 1. The van der Waals surface area contributed by atoms with E-state index in [0.717, 1.165) is 0 Å². The summed E-state index contributed by atoms with van der Waals surface area (Å²) in [6.07, 6.45) is 1.43. The van der Waals surface area contributed by atoms with E-state index >= 15 is 0 Å². The first-order chi connectivity index (χ1) is 11.7. The zero-order chi connectivity index (χ0) is 16.7. The number of ketones is 1. The molecule has 0 aliphatic carbocycles. The Hall–Kier alpha value is -3.28. The van der Waals surface area contributed by atoms with E-state index in [-0.39, 0.29) is 23.6 Å². The van der Waals surface area contributed by atoms with Gasteiger partial charge in [-0.1, -0.05) is 0 Å². The van der Waals surface area contributed by atoms with Crippen molar-refractivity contribution in [1.29, 1.82) is 0 Å². The van der Waals surface area contributed by atoms with Crippen LogP contribution in [0.4, 0.5) is 0 Å². The van der Waals surface area contributed by atoms with Crippen LogP contribution in [0.1, 0.15) is 15.9 Å². The van der Waals surface area contributed by atoms with Crippen LogP contribution in [0.2, 0.25) is 0 Å². The van der Waals surface area contributed by atoms with Gasteiger partial charge in [-0.15, -0.1) is 0 Å². The molecule has 2 heterocycles. The number of ether oxygens (including phenoxy) is 3. The van der Waals surface area contributed by atoms with E-state index < -0.39 is 0 Å². The first-order valence-corrected chi connectivity index (χ1v) is 7.31. The number of carbonyl (C=O) groups excluding carboxylic acids is 1. The lowest BCUT2D eigenvalue weighted by Gasteiger charge is -2.06. The van der Waals surface area contributed by atoms with Crippen molar-refractivity contribution in [2.75, 3.05) is 13.9 Å². The summed E-state index contributed by atoms with van der Waals surface area (Å²) in [5, 5.41) is 0.404. The highest BCUT2D eigenvalue weighted by Crippen LogP contribution is 2.33. The Kier molecular flexibility index (Phi) is 3.23. The van der Waals surface area contributed by atoms with Crippen molar-refractivity contribution in [3.8, 4) is 17.2 Å². The summed E-state index contributed by atoms with van der Waals surface area (Å²) in [6.45, 7) is 0.128. The number of aromatic nitrogens is 1. The van der Waals surface area contributed by atoms with Gasteiger partial charge in [-0.25, -0.2) is 0 Å². The number of pyridine rings is 1. The monoisotopic (exact) mass is 323 g/mol. The van der Waals surface area contributed by atoms with Crippen molar-refractivity contribution in [1.82, 2.24) is 4.98 Å². The molecule has 1 N–H and O–H groups in total. The molecular formula is C18H13NO5. The van der Waals surface area contributed by atoms with Crippen LogP contribution in [0, 0.1) is 0 Å². The van der Waals surface area contributed by atoms with Crippen LogP contribution < -0.4 is 19.6 Å². The van der Waals surface area contributed by atoms with E-state index in [0.29, 0.717) is 33.7 Å². The molecule has 120 valence electrons. The highest BCUT2D eigenvalue weighted by atomic mass is 16.7. The molecule has 1 aliphatic rings. The molecule has 0 radical (unpaired) electrons. The molecule has 0 amide bonds. The van der Waals surface area contributed by atoms with E-state index in [2.05, 4.69) is 4.98 Å². The van der Waals surface area contributed by atoms with E-state index in [1.54, 1.807) is 36.4 Å². The van der Waals surface area contributed by atoms with Gasteiger partial charge in [0.25, 0.3) is 0 Å². The van der Waals surface area contributed by atoms with Gasteiger partial charge in [-0.05, 0) is 36.4 Å². The summed E-state index contributed by atoms with van der Waals surface area (Å²) < 4.78 is 15.7. The van der Waals surface area contributed by atoms with Gasteiger partial charge in [-0.2, -0.15) is 0 Å². The molecule has 0 unspecified atom stereocenters. The Morgan fingerprint density at radius 2 is 1.96 bits per heavy atom. The number of H-pyrrole nitrogens is 1. The van der Waals surface area contributed by atoms with E-state index in [1.165, 1.54) is 13.3 Å². The molecule has 2 aromatic carbocycles. The maximum Gasteiger partial charge on any atom is 0.231 e. The maximum absolute atomic E-state index is 12.7. The van der Waals surface area contributed by atoms with Crippen LogP contribution in [0.3, 0.4) is 0 Å². The topological polar surface area (TPSA) is 77.6 Å². The summed E-state index contributed by atoms with van der Waals surface area (Å²) in [5.74, 6) is 1.27. The second-order valence-electron chi connectivity index (χ2n) is 5.34. The number of hydrogen-bond acceptors (Lipinski definition) is 5. The van der Waals surface area contributed by atoms with Gasteiger partial charge in [0.1, 0.15) is 5.75 Å². The Bertz CT molecular complexity index is 1020. The fourth-order valence-electron chi connectivity index (χ4n) is 2.69. The number of aromatic amines is 1. The van der Waals surface area contributed by atoms with Gasteiger partial charge in [0.05, 0.1) is 12.7 Å². The number of methoxy groups -OCH3 is 1. The van der Waals surface area contributed by atoms with Gasteiger partial charge in [0.15, 0.2) is 17.3 Å². The van der Waals surface area contributed by atoms with Crippen molar-refractivity contribution in [2.45, 2.75) is 0 Å². The standard InChI is InChI=1S/C18H13NO5/c1-22-11-3-4-14-12(7-11)18(21)13(8-19-14)17(20)10-2-5-15-16(6-10)24-9-23-15/h2-8H,9H2,1H3,(H,19,21). The van der Waals surface area contributed by atoms with Crippen LogP contribution in [0.25, 0.3) is 10.9 Å². The van der Waals surface area contributed by atoms with E-state index in [9.17, 15) is 9.59 Å². The van der Waals surface area contributed by atoms with Gasteiger partial charge >= 0.3 is 0 Å². The van der Waals surface area contributed by atoms with E-state index in [1.807, 2.05) is 0 Å². The molecule has 0 saturated carbocycles. The molecule has 3 aromatic rings. The molecule has 1 aliphatic heterocycles. The molecule has 0 bridgehead atoms. The quantitative estimate of drug-likeness (QED) is 0.749. The molecule has 4 rings (SSSR count). The zero-order valence-electron chi connectivity index (χ0n) is 12.8. The Balaban J connectivity index is 1.82. The van der Waals surface area contributed by atoms with Gasteiger partial charge < -0.3 is 19.2 Å². The minimum Gasteiger partial charge on any atom is -0.497 e. The molecule has 24 heavy (non-hydrogen) atoms. The lowest BCUT2D eigenvalue weighted by molar-refractivity contribution is 0.103. The highest BCUT2D eigenvalue weighted by Gasteiger charge is 2.19. The van der Waals surface area contributed by atoms with Gasteiger partial charge in [-0.3, -0.25) is 9.59 Å². The average Bonchev–Trinajstić information content (AvgIpc) is 3.09. The first-order valence-electron chi connectivity index (χ1n) is 7.31. The second-order valence-corrected chi connectivity index (χ2v) is 5.34. The number of hydrogen-bond donors (Lipinski definition) is 1. The van der Waals surface area contributed by atoms with Gasteiger partial charge in [0.2, 0.25) is 12.2 Å². The predicted molar refractivity (Wildman–Crippen MR) is 87.1 cm³/mol. The fourth-order valence-corrected chi connectivity index (χ4v) is 2.69. The van der Waals surface area contributed by atoms with Crippen molar-refractivity contribution >= 4 is 16.7 Å². The number of benzene rings is 2. The van der Waals surface area contributed by atoms with Crippen molar-refractivity contribution < 1.29 is 19.0 Å². The normalized spacial score (nSPS) is 12.4. The van der Waals surface area contributed by atoms with Crippen LogP contribution in [-0.2, 0) is 0 Å². The minimum absolute atomic E-state index is 0.0645. The average molecular weight is 323 g/mol.